The molecule has 10 heavy (non-hydrogen) atoms. The van der Waals surface area contributed by atoms with Crippen LogP contribution in [0.5, 0.6) is 0 Å². The van der Waals surface area contributed by atoms with Gasteiger partial charge >= 0.3 is 5.97 Å². The Labute approximate surface area is 64.6 Å². The first-order chi connectivity index (χ1) is 4.76. The first-order valence-electron chi connectivity index (χ1n) is 2.89. The molecule has 0 saturated carbocycles. The summed E-state index contributed by atoms with van der Waals surface area (Å²) in [6, 6.07) is 0. The molecule has 0 atom stereocenters. The van der Waals surface area contributed by atoms with Gasteiger partial charge in [0.1, 0.15) is 4.91 Å². The van der Waals surface area contributed by atoms with E-state index in [1.165, 1.54) is 18.0 Å². The minimum atomic E-state index is -0.350. The number of esters is 1. The van der Waals surface area contributed by atoms with Gasteiger partial charge in [-0.25, -0.2) is 4.79 Å². The van der Waals surface area contributed by atoms with E-state index < -0.39 is 0 Å². The fourth-order valence-electron chi connectivity index (χ4n) is 0.422. The summed E-state index contributed by atoms with van der Waals surface area (Å²) < 4.78 is 4.68. The number of carbonyl (C=O) groups is 1. The number of ether oxygens (including phenoxy) is 1. The fourth-order valence-corrected chi connectivity index (χ4v) is 0.783. The van der Waals surface area contributed by atoms with Crippen LogP contribution < -0.4 is 5.73 Å². The Balaban J connectivity index is 3.91. The summed E-state index contributed by atoms with van der Waals surface area (Å²) in [5.74, 6) is -0.350. The third-order valence-corrected chi connectivity index (χ3v) is 1.59. The largest absolute Gasteiger partial charge is 0.462 e. The minimum absolute atomic E-state index is 0.350. The van der Waals surface area contributed by atoms with E-state index in [-0.39, 0.29) is 5.97 Å². The Morgan fingerprint density at radius 1 is 1.80 bits per heavy atom. The zero-order valence-electron chi connectivity index (χ0n) is 6.09. The van der Waals surface area contributed by atoms with Gasteiger partial charge in [-0.05, 0) is 13.2 Å². The molecule has 0 aliphatic carbocycles. The molecule has 0 aliphatic rings. The average molecular weight is 161 g/mol. The van der Waals surface area contributed by atoms with Gasteiger partial charge in [-0.1, -0.05) is 0 Å². The van der Waals surface area contributed by atoms with Crippen molar-refractivity contribution in [1.29, 1.82) is 0 Å². The molecule has 0 fully saturated rings. The number of thioether (sulfide) groups is 1. The lowest BCUT2D eigenvalue weighted by Crippen LogP contribution is -2.06. The normalized spacial score (nSPS) is 11.2. The standard InChI is InChI=1S/C6H11NO2S/c1-3-9-6(8)5(4-7)10-2/h4H,3,7H2,1-2H3/b5-4-. The maximum absolute atomic E-state index is 10.8. The highest BCUT2D eigenvalue weighted by molar-refractivity contribution is 8.03. The molecular weight excluding hydrogens is 150 g/mol. The van der Waals surface area contributed by atoms with Gasteiger partial charge in [0.2, 0.25) is 0 Å². The van der Waals surface area contributed by atoms with Gasteiger partial charge < -0.3 is 10.5 Å². The quantitative estimate of drug-likeness (QED) is 0.489. The van der Waals surface area contributed by atoms with E-state index in [0.717, 1.165) is 0 Å². The second kappa shape index (κ2) is 5.17. The van der Waals surface area contributed by atoms with Crippen LogP contribution in [0.2, 0.25) is 0 Å². The molecule has 0 bridgehead atoms. The molecule has 0 aromatic carbocycles. The zero-order valence-corrected chi connectivity index (χ0v) is 6.90. The summed E-state index contributed by atoms with van der Waals surface area (Å²) >= 11 is 1.28. The number of rotatable bonds is 3. The Morgan fingerprint density at radius 3 is 2.70 bits per heavy atom. The van der Waals surface area contributed by atoms with Gasteiger partial charge in [0.15, 0.2) is 0 Å². The summed E-state index contributed by atoms with van der Waals surface area (Å²) in [5.41, 5.74) is 5.13. The molecule has 0 spiro atoms. The molecule has 4 heteroatoms. The molecule has 0 radical (unpaired) electrons. The third-order valence-electron chi connectivity index (χ3n) is 0.848. The monoisotopic (exact) mass is 161 g/mol. The van der Waals surface area contributed by atoms with Gasteiger partial charge in [-0.15, -0.1) is 11.8 Å². The highest BCUT2D eigenvalue weighted by Gasteiger charge is 2.06. The summed E-state index contributed by atoms with van der Waals surface area (Å²) in [4.78, 5) is 11.3. The molecule has 2 N–H and O–H groups in total. The lowest BCUT2D eigenvalue weighted by molar-refractivity contribution is -0.137. The van der Waals surface area contributed by atoms with E-state index in [4.69, 9.17) is 5.73 Å². The van der Waals surface area contributed by atoms with Crippen molar-refractivity contribution in [3.63, 3.8) is 0 Å². The Hall–Kier alpha value is -0.640. The molecule has 0 amide bonds. The van der Waals surface area contributed by atoms with Crippen molar-refractivity contribution in [2.75, 3.05) is 12.9 Å². The molecule has 0 rings (SSSR count). The van der Waals surface area contributed by atoms with E-state index in [2.05, 4.69) is 4.74 Å². The van der Waals surface area contributed by atoms with E-state index in [0.29, 0.717) is 11.5 Å². The van der Waals surface area contributed by atoms with E-state index in [9.17, 15) is 4.79 Å². The van der Waals surface area contributed by atoms with Crippen molar-refractivity contribution in [2.45, 2.75) is 6.92 Å². The highest BCUT2D eigenvalue weighted by Crippen LogP contribution is 2.10. The smallest absolute Gasteiger partial charge is 0.346 e. The van der Waals surface area contributed by atoms with Gasteiger partial charge in [-0.3, -0.25) is 0 Å². The van der Waals surface area contributed by atoms with Crippen LogP contribution in [0, 0.1) is 0 Å². The summed E-state index contributed by atoms with van der Waals surface area (Å²) in [6.07, 6.45) is 3.03. The average Bonchev–Trinajstić information content (AvgIpc) is 1.91. The Morgan fingerprint density at radius 2 is 2.40 bits per heavy atom. The molecule has 0 aromatic rings. The van der Waals surface area contributed by atoms with E-state index >= 15 is 0 Å². The van der Waals surface area contributed by atoms with Gasteiger partial charge in [-0.2, -0.15) is 0 Å². The number of hydrogen-bond donors (Lipinski definition) is 1. The number of hydrogen-bond acceptors (Lipinski definition) is 4. The lowest BCUT2D eigenvalue weighted by Gasteiger charge is -2.00. The van der Waals surface area contributed by atoms with Crippen molar-refractivity contribution in [3.8, 4) is 0 Å². The van der Waals surface area contributed by atoms with Crippen LogP contribution in [0.3, 0.4) is 0 Å². The minimum Gasteiger partial charge on any atom is -0.462 e. The number of nitrogens with two attached hydrogens (primary N) is 1. The van der Waals surface area contributed by atoms with Crippen LogP contribution in [0.4, 0.5) is 0 Å². The van der Waals surface area contributed by atoms with Gasteiger partial charge in [0.05, 0.1) is 6.61 Å². The molecule has 0 aliphatic heterocycles. The van der Waals surface area contributed by atoms with Gasteiger partial charge in [0, 0.05) is 6.20 Å². The summed E-state index contributed by atoms with van der Waals surface area (Å²) in [6.45, 7) is 2.14. The maximum atomic E-state index is 10.8. The Kier molecular flexibility index (Phi) is 4.84. The second-order valence-electron chi connectivity index (χ2n) is 1.46. The molecule has 0 aromatic heterocycles. The van der Waals surface area contributed by atoms with E-state index in [1.807, 2.05) is 0 Å². The highest BCUT2D eigenvalue weighted by atomic mass is 32.2. The Bertz CT molecular complexity index is 145. The summed E-state index contributed by atoms with van der Waals surface area (Å²) in [7, 11) is 0. The zero-order chi connectivity index (χ0) is 7.98. The van der Waals surface area contributed by atoms with Crippen molar-refractivity contribution in [3.05, 3.63) is 11.1 Å². The van der Waals surface area contributed by atoms with Crippen LogP contribution >= 0.6 is 11.8 Å². The number of carbonyl (C=O) groups excluding carboxylic acids is 1. The van der Waals surface area contributed by atoms with Crippen LogP contribution in [-0.2, 0) is 9.53 Å². The first-order valence-corrected chi connectivity index (χ1v) is 4.11. The topological polar surface area (TPSA) is 52.3 Å². The van der Waals surface area contributed by atoms with Crippen LogP contribution in [-0.4, -0.2) is 18.8 Å². The molecule has 0 heterocycles. The molecule has 0 unspecified atom stereocenters. The fraction of sp³-hybridized carbons (Fsp3) is 0.500. The van der Waals surface area contributed by atoms with E-state index in [1.54, 1.807) is 13.2 Å². The first kappa shape index (κ1) is 9.36. The molecule has 0 saturated heterocycles. The third kappa shape index (κ3) is 2.77. The molecule has 58 valence electrons. The SMILES string of the molecule is CCOC(=O)/C(=C/N)SC. The van der Waals surface area contributed by atoms with Crippen molar-refractivity contribution in [1.82, 2.24) is 0 Å². The molecular formula is C6H11NO2S. The predicted octanol–water partition coefficient (Wildman–Crippen LogP) is 0.713. The van der Waals surface area contributed by atoms with Crippen LogP contribution in [0.1, 0.15) is 6.92 Å². The lowest BCUT2D eigenvalue weighted by atomic mass is 10.6. The maximum Gasteiger partial charge on any atom is 0.346 e. The van der Waals surface area contributed by atoms with Crippen LogP contribution in [0.15, 0.2) is 11.1 Å². The summed E-state index contributed by atoms with van der Waals surface area (Å²) in [5, 5.41) is 0. The van der Waals surface area contributed by atoms with Crippen molar-refractivity contribution >= 4 is 17.7 Å². The van der Waals surface area contributed by atoms with Crippen molar-refractivity contribution < 1.29 is 9.53 Å². The van der Waals surface area contributed by atoms with Gasteiger partial charge in [0.25, 0.3) is 0 Å². The molecule has 3 nitrogen and oxygen atoms in total. The van der Waals surface area contributed by atoms with Crippen molar-refractivity contribution in [2.24, 2.45) is 5.73 Å². The van der Waals surface area contributed by atoms with Crippen LogP contribution in [0.25, 0.3) is 0 Å². The predicted molar refractivity (Wildman–Crippen MR) is 42.4 cm³/mol. The second-order valence-corrected chi connectivity index (χ2v) is 2.30.